The molecule has 28 heavy (non-hydrogen) atoms. The number of nitrogens with zero attached hydrogens (tertiary/aromatic N) is 5. The van der Waals surface area contributed by atoms with Gasteiger partial charge in [-0.3, -0.25) is 4.79 Å². The Kier molecular flexibility index (Phi) is 6.28. The fourth-order valence-corrected chi connectivity index (χ4v) is 3.31. The first-order valence-electron chi connectivity index (χ1n) is 9.74. The Balaban J connectivity index is 1.62. The average Bonchev–Trinajstić information content (AvgIpc) is 2.89. The molecule has 0 radical (unpaired) electrons. The van der Waals surface area contributed by atoms with Gasteiger partial charge < -0.3 is 15.5 Å². The Morgan fingerprint density at radius 3 is 2.50 bits per heavy atom. The predicted octanol–water partition coefficient (Wildman–Crippen LogP) is 2.31. The van der Waals surface area contributed by atoms with Crippen molar-refractivity contribution in [2.45, 2.75) is 52.6 Å². The van der Waals surface area contributed by atoms with E-state index in [1.54, 1.807) is 17.8 Å². The fourth-order valence-electron chi connectivity index (χ4n) is 3.31. The lowest BCUT2D eigenvalue weighted by Crippen LogP contribution is -2.39. The minimum absolute atomic E-state index is 0.0450. The highest BCUT2D eigenvalue weighted by molar-refractivity contribution is 5.96. The van der Waals surface area contributed by atoms with Crippen LogP contribution in [0.2, 0.25) is 0 Å². The van der Waals surface area contributed by atoms with E-state index in [1.807, 2.05) is 36.9 Å². The summed E-state index contributed by atoms with van der Waals surface area (Å²) < 4.78 is 1.77. The number of carbonyl (C=O) groups is 1. The number of rotatable bonds is 5. The molecule has 2 aromatic heterocycles. The monoisotopic (exact) mass is 384 g/mol. The number of hydrogen-bond acceptors (Lipinski definition) is 5. The molecule has 8 heteroatoms. The highest BCUT2D eigenvalue weighted by Crippen LogP contribution is 2.13. The molecule has 1 unspecified atom stereocenters. The zero-order chi connectivity index (χ0) is 20.1. The lowest BCUT2D eigenvalue weighted by Gasteiger charge is -2.22. The zero-order valence-electron chi connectivity index (χ0n) is 16.8. The van der Waals surface area contributed by atoms with Crippen molar-refractivity contribution in [3.05, 3.63) is 41.3 Å². The molecule has 3 rings (SSSR count). The Labute approximate surface area is 165 Å². The first-order valence-corrected chi connectivity index (χ1v) is 9.74. The molecule has 0 aromatic carbocycles. The number of pyridine rings is 1. The Morgan fingerprint density at radius 2 is 1.93 bits per heavy atom. The number of oxime groups is 1. The van der Waals surface area contributed by atoms with Crippen LogP contribution in [-0.4, -0.2) is 50.6 Å². The summed E-state index contributed by atoms with van der Waals surface area (Å²) in [5.74, 6) is 0.840. The van der Waals surface area contributed by atoms with Crippen LogP contribution in [-0.2, 0) is 9.63 Å². The molecule has 0 saturated carbocycles. The second-order valence-electron chi connectivity index (χ2n) is 7.21. The van der Waals surface area contributed by atoms with E-state index in [4.69, 9.17) is 10.6 Å². The van der Waals surface area contributed by atoms with Gasteiger partial charge in [0.25, 0.3) is 5.91 Å². The minimum Gasteiger partial charge on any atom is -0.381 e. The van der Waals surface area contributed by atoms with Crippen LogP contribution in [0.4, 0.5) is 0 Å². The predicted molar refractivity (Wildman–Crippen MR) is 107 cm³/mol. The van der Waals surface area contributed by atoms with Crippen molar-refractivity contribution < 1.29 is 9.63 Å². The van der Waals surface area contributed by atoms with Crippen molar-refractivity contribution in [3.63, 3.8) is 0 Å². The molecule has 150 valence electrons. The quantitative estimate of drug-likeness (QED) is 0.484. The molecule has 2 aromatic rings. The molecular formula is C20H28N6O2. The molecule has 0 bridgehead atoms. The van der Waals surface area contributed by atoms with E-state index in [1.165, 1.54) is 12.8 Å². The van der Waals surface area contributed by atoms with Gasteiger partial charge in [-0.05, 0) is 51.8 Å². The highest BCUT2D eigenvalue weighted by Gasteiger charge is 2.23. The number of carbonyl (C=O) groups excluding carboxylic acids is 1. The number of likely N-dealkylation sites (tertiary alicyclic amines) is 1. The molecule has 3 heterocycles. The van der Waals surface area contributed by atoms with Crippen molar-refractivity contribution in [3.8, 4) is 5.82 Å². The summed E-state index contributed by atoms with van der Waals surface area (Å²) in [4.78, 5) is 24.1. The molecule has 0 spiro atoms. The fraction of sp³-hybridized carbons (Fsp3) is 0.500. The van der Waals surface area contributed by atoms with Gasteiger partial charge in [-0.1, -0.05) is 18.0 Å². The molecule has 1 amide bonds. The molecule has 1 atom stereocenters. The summed E-state index contributed by atoms with van der Waals surface area (Å²) in [5.41, 5.74) is 8.57. The largest absolute Gasteiger partial charge is 0.381 e. The second-order valence-corrected chi connectivity index (χ2v) is 7.21. The van der Waals surface area contributed by atoms with E-state index >= 15 is 0 Å². The first-order chi connectivity index (χ1) is 13.5. The van der Waals surface area contributed by atoms with Crippen molar-refractivity contribution >= 4 is 11.7 Å². The van der Waals surface area contributed by atoms with Gasteiger partial charge in [-0.25, -0.2) is 9.67 Å². The maximum Gasteiger partial charge on any atom is 0.266 e. The third-order valence-electron chi connectivity index (χ3n) is 4.84. The molecular weight excluding hydrogens is 356 g/mol. The smallest absolute Gasteiger partial charge is 0.266 e. The number of aromatic nitrogens is 3. The van der Waals surface area contributed by atoms with Crippen molar-refractivity contribution in [2.75, 3.05) is 13.1 Å². The summed E-state index contributed by atoms with van der Waals surface area (Å²) in [6, 6.07) is 5.62. The lowest BCUT2D eigenvalue weighted by atomic mass is 10.2. The Morgan fingerprint density at radius 1 is 1.21 bits per heavy atom. The maximum atomic E-state index is 12.5. The summed E-state index contributed by atoms with van der Waals surface area (Å²) in [6.07, 6.45) is 5.37. The van der Waals surface area contributed by atoms with Gasteiger partial charge in [-0.2, -0.15) is 5.10 Å². The molecule has 0 aliphatic carbocycles. The van der Waals surface area contributed by atoms with Gasteiger partial charge >= 0.3 is 0 Å². The van der Waals surface area contributed by atoms with Gasteiger partial charge in [-0.15, -0.1) is 0 Å². The van der Waals surface area contributed by atoms with Crippen LogP contribution in [0.15, 0.2) is 29.6 Å². The van der Waals surface area contributed by atoms with Gasteiger partial charge in [0, 0.05) is 30.5 Å². The number of amides is 1. The van der Waals surface area contributed by atoms with E-state index in [-0.39, 0.29) is 11.7 Å². The van der Waals surface area contributed by atoms with Gasteiger partial charge in [0.2, 0.25) is 6.10 Å². The van der Waals surface area contributed by atoms with Gasteiger partial charge in [0.05, 0.1) is 5.69 Å². The average molecular weight is 384 g/mol. The van der Waals surface area contributed by atoms with Crippen LogP contribution >= 0.6 is 0 Å². The van der Waals surface area contributed by atoms with Crippen LogP contribution < -0.4 is 5.73 Å². The van der Waals surface area contributed by atoms with Crippen molar-refractivity contribution in [1.82, 2.24) is 19.7 Å². The Bertz CT molecular complexity index is 835. The molecule has 1 aliphatic rings. The molecule has 2 N–H and O–H groups in total. The third-order valence-corrected chi connectivity index (χ3v) is 4.84. The normalized spacial score (nSPS) is 16.5. The number of hydrogen-bond donors (Lipinski definition) is 1. The summed E-state index contributed by atoms with van der Waals surface area (Å²) >= 11 is 0. The van der Waals surface area contributed by atoms with E-state index < -0.39 is 6.10 Å². The first kappa shape index (κ1) is 19.9. The third kappa shape index (κ3) is 4.68. The van der Waals surface area contributed by atoms with Crippen LogP contribution in [0.25, 0.3) is 5.82 Å². The highest BCUT2D eigenvalue weighted by atomic mass is 16.6. The van der Waals surface area contributed by atoms with E-state index in [2.05, 4.69) is 15.2 Å². The van der Waals surface area contributed by atoms with E-state index in [9.17, 15) is 4.79 Å². The molecule has 8 nitrogen and oxygen atoms in total. The molecule has 1 saturated heterocycles. The lowest BCUT2D eigenvalue weighted by molar-refractivity contribution is -0.142. The van der Waals surface area contributed by atoms with Crippen LogP contribution in [0.3, 0.4) is 0 Å². The van der Waals surface area contributed by atoms with Crippen LogP contribution in [0.5, 0.6) is 0 Å². The van der Waals surface area contributed by atoms with Crippen molar-refractivity contribution in [1.29, 1.82) is 0 Å². The minimum atomic E-state index is -0.668. The van der Waals surface area contributed by atoms with Crippen LogP contribution in [0.1, 0.15) is 49.6 Å². The second kappa shape index (κ2) is 8.86. The SMILES string of the molecule is Cc1cc(C)n(-c2ccc(/C(N)=N\OC(C)C(=O)N3CCCCCC3)cn2)n1. The van der Waals surface area contributed by atoms with E-state index in [0.717, 1.165) is 37.3 Å². The maximum absolute atomic E-state index is 12.5. The van der Waals surface area contributed by atoms with E-state index in [0.29, 0.717) is 11.4 Å². The number of aryl methyl sites for hydroxylation is 2. The molecule has 1 aliphatic heterocycles. The summed E-state index contributed by atoms with van der Waals surface area (Å²) in [5, 5.41) is 8.35. The Hall–Kier alpha value is -2.90. The standard InChI is InChI=1S/C20H28N6O2/c1-14-12-15(2)26(23-14)18-9-8-17(13-22-18)19(21)24-28-16(3)20(27)25-10-6-4-5-7-11-25/h8-9,12-13,16H,4-7,10-11H2,1-3H3,(H2,21,24). The summed E-state index contributed by atoms with van der Waals surface area (Å²) in [7, 11) is 0. The number of nitrogens with two attached hydrogens (primary N) is 1. The molecule has 1 fully saturated rings. The van der Waals surface area contributed by atoms with Crippen LogP contribution in [0, 0.1) is 13.8 Å². The summed E-state index contributed by atoms with van der Waals surface area (Å²) in [6.45, 7) is 7.18. The number of amidine groups is 1. The van der Waals surface area contributed by atoms with Crippen molar-refractivity contribution in [2.24, 2.45) is 10.9 Å². The topological polar surface area (TPSA) is 98.6 Å². The van der Waals surface area contributed by atoms with Gasteiger partial charge in [0.15, 0.2) is 11.7 Å². The zero-order valence-corrected chi connectivity index (χ0v) is 16.8. The van der Waals surface area contributed by atoms with Gasteiger partial charge in [0.1, 0.15) is 0 Å².